The fraction of sp³-hybridized carbons (Fsp3) is 0.429. The second-order valence-corrected chi connectivity index (χ2v) is 10.2. The zero-order chi connectivity index (χ0) is 24.8. The molecule has 1 aromatic carbocycles. The normalized spacial score (nSPS) is 17.3. The van der Waals surface area contributed by atoms with Crippen LogP contribution < -0.4 is 16.2 Å². The highest BCUT2D eigenvalue weighted by Crippen LogP contribution is 2.32. The molecule has 8 heteroatoms. The van der Waals surface area contributed by atoms with E-state index < -0.39 is 0 Å². The molecule has 1 saturated heterocycles. The summed E-state index contributed by atoms with van der Waals surface area (Å²) in [5.41, 5.74) is 3.41. The Balaban J connectivity index is 1.38. The van der Waals surface area contributed by atoms with Crippen LogP contribution >= 0.6 is 0 Å². The number of Topliss-reactive ketones (excluding diaryl/α,β-unsaturated/α-hetero) is 1. The number of pyridine rings is 1. The maximum Gasteiger partial charge on any atom is 0.263 e. The quantitative estimate of drug-likeness (QED) is 0.386. The Morgan fingerprint density at radius 1 is 1.08 bits per heavy atom. The van der Waals surface area contributed by atoms with Gasteiger partial charge in [0.2, 0.25) is 5.95 Å². The molecule has 0 amide bonds. The van der Waals surface area contributed by atoms with Gasteiger partial charge in [-0.2, -0.15) is 4.98 Å². The van der Waals surface area contributed by atoms with Gasteiger partial charge >= 0.3 is 0 Å². The van der Waals surface area contributed by atoms with Gasteiger partial charge in [0.1, 0.15) is 5.65 Å². The van der Waals surface area contributed by atoms with E-state index in [2.05, 4.69) is 50.6 Å². The molecule has 4 aromatic rings. The van der Waals surface area contributed by atoms with E-state index in [1.54, 1.807) is 10.8 Å². The summed E-state index contributed by atoms with van der Waals surface area (Å²) in [7, 11) is 0. The molecule has 36 heavy (non-hydrogen) atoms. The van der Waals surface area contributed by atoms with E-state index in [-0.39, 0.29) is 22.9 Å². The van der Waals surface area contributed by atoms with E-state index in [0.29, 0.717) is 23.2 Å². The van der Waals surface area contributed by atoms with Crippen molar-refractivity contribution in [3.63, 3.8) is 0 Å². The molecule has 2 aliphatic rings. The standard InChI is InChI=1S/C28H32N6O2/c1-17-23-16-30-28(32-26(23)34(22-5-3-4-6-22)27(36)25(17)18(2)35)31-20-7-8-24-19(15-20)11-14-33(24)21-9-12-29-13-10-21/h7-8,11,14-16,21-22,29H,3-6,9-10,12-13H2,1-2H3,(H,30,31,32). The minimum absolute atomic E-state index is 0.0625. The van der Waals surface area contributed by atoms with E-state index in [0.717, 1.165) is 62.7 Å². The number of hydrogen-bond donors (Lipinski definition) is 2. The lowest BCUT2D eigenvalue weighted by Gasteiger charge is -2.25. The van der Waals surface area contributed by atoms with E-state index in [9.17, 15) is 9.59 Å². The molecule has 3 aromatic heterocycles. The first-order valence-electron chi connectivity index (χ1n) is 13.0. The number of aryl methyl sites for hydroxylation is 1. The van der Waals surface area contributed by atoms with E-state index in [1.807, 2.05) is 6.92 Å². The van der Waals surface area contributed by atoms with E-state index >= 15 is 0 Å². The van der Waals surface area contributed by atoms with Crippen LogP contribution in [0.2, 0.25) is 0 Å². The number of aromatic nitrogens is 4. The average Bonchev–Trinajstić information content (AvgIpc) is 3.55. The largest absolute Gasteiger partial charge is 0.344 e. The van der Waals surface area contributed by atoms with Gasteiger partial charge in [0, 0.05) is 46.5 Å². The smallest absolute Gasteiger partial charge is 0.263 e. The summed E-state index contributed by atoms with van der Waals surface area (Å²) in [5, 5.41) is 8.71. The van der Waals surface area contributed by atoms with Crippen molar-refractivity contribution in [3.05, 3.63) is 58.1 Å². The van der Waals surface area contributed by atoms with Gasteiger partial charge in [-0.25, -0.2) is 4.98 Å². The Morgan fingerprint density at radius 2 is 1.86 bits per heavy atom. The van der Waals surface area contributed by atoms with Gasteiger partial charge in [-0.15, -0.1) is 0 Å². The van der Waals surface area contributed by atoms with Crippen molar-refractivity contribution in [2.45, 2.75) is 64.5 Å². The topological polar surface area (TPSA) is 93.8 Å². The van der Waals surface area contributed by atoms with Crippen LogP contribution in [0.1, 0.15) is 73.5 Å². The number of anilines is 2. The first kappa shape index (κ1) is 22.9. The van der Waals surface area contributed by atoms with Crippen molar-refractivity contribution in [1.29, 1.82) is 0 Å². The average molecular weight is 485 g/mol. The fourth-order valence-electron chi connectivity index (χ4n) is 6.08. The molecule has 2 fully saturated rings. The molecule has 0 radical (unpaired) electrons. The Bertz CT molecular complexity index is 1520. The lowest BCUT2D eigenvalue weighted by Crippen LogP contribution is -2.30. The molecule has 1 aliphatic carbocycles. The first-order valence-corrected chi connectivity index (χ1v) is 13.0. The van der Waals surface area contributed by atoms with Crippen LogP contribution in [0, 0.1) is 6.92 Å². The van der Waals surface area contributed by atoms with E-state index in [1.165, 1.54) is 17.8 Å². The van der Waals surface area contributed by atoms with Crippen LogP contribution in [0.15, 0.2) is 41.5 Å². The minimum Gasteiger partial charge on any atom is -0.344 e. The third kappa shape index (κ3) is 3.89. The predicted molar refractivity (Wildman–Crippen MR) is 142 cm³/mol. The van der Waals surface area contributed by atoms with Crippen LogP contribution in [-0.4, -0.2) is 38.0 Å². The Labute approximate surface area is 209 Å². The van der Waals surface area contributed by atoms with Gasteiger partial charge in [-0.1, -0.05) is 12.8 Å². The number of benzene rings is 1. The van der Waals surface area contributed by atoms with Gasteiger partial charge in [0.25, 0.3) is 5.56 Å². The molecule has 8 nitrogen and oxygen atoms in total. The number of rotatable bonds is 5. The Morgan fingerprint density at radius 3 is 2.61 bits per heavy atom. The van der Waals surface area contributed by atoms with Gasteiger partial charge in [0.15, 0.2) is 5.78 Å². The van der Waals surface area contributed by atoms with Crippen LogP contribution in [-0.2, 0) is 0 Å². The lowest BCUT2D eigenvalue weighted by atomic mass is 10.0. The lowest BCUT2D eigenvalue weighted by molar-refractivity contribution is 0.101. The molecule has 1 saturated carbocycles. The molecule has 0 unspecified atom stereocenters. The number of piperidine rings is 1. The van der Waals surface area contributed by atoms with Crippen molar-refractivity contribution in [3.8, 4) is 0 Å². The number of carbonyl (C=O) groups excluding carboxylic acids is 1. The van der Waals surface area contributed by atoms with Crippen molar-refractivity contribution in [1.82, 2.24) is 24.4 Å². The number of nitrogens with one attached hydrogen (secondary N) is 2. The number of carbonyl (C=O) groups is 1. The van der Waals surface area contributed by atoms with Gasteiger partial charge in [-0.05, 0) is 82.4 Å². The fourth-order valence-corrected chi connectivity index (χ4v) is 6.08. The number of nitrogens with zero attached hydrogens (tertiary/aromatic N) is 4. The third-order valence-corrected chi connectivity index (χ3v) is 7.93. The summed E-state index contributed by atoms with van der Waals surface area (Å²) in [4.78, 5) is 35.2. The van der Waals surface area contributed by atoms with Crippen LogP contribution in [0.3, 0.4) is 0 Å². The second-order valence-electron chi connectivity index (χ2n) is 10.2. The van der Waals surface area contributed by atoms with Crippen molar-refractivity contribution < 1.29 is 4.79 Å². The predicted octanol–water partition coefficient (Wildman–Crippen LogP) is 5.04. The maximum atomic E-state index is 13.4. The zero-order valence-corrected chi connectivity index (χ0v) is 20.9. The Hall–Kier alpha value is -3.52. The highest BCUT2D eigenvalue weighted by atomic mass is 16.1. The summed E-state index contributed by atoms with van der Waals surface area (Å²) >= 11 is 0. The molecule has 2 N–H and O–H groups in total. The number of ketones is 1. The zero-order valence-electron chi connectivity index (χ0n) is 20.9. The SMILES string of the molecule is CC(=O)c1c(C)c2cnc(Nc3ccc4c(ccn4C4CCNCC4)c3)nc2n(C2CCCC2)c1=O. The first-order chi connectivity index (χ1) is 17.5. The Kier molecular flexibility index (Phi) is 5.84. The van der Waals surface area contributed by atoms with Crippen LogP contribution in [0.25, 0.3) is 21.9 Å². The molecular weight excluding hydrogens is 452 g/mol. The van der Waals surface area contributed by atoms with E-state index in [4.69, 9.17) is 4.98 Å². The van der Waals surface area contributed by atoms with Gasteiger partial charge in [0.05, 0.1) is 5.56 Å². The van der Waals surface area contributed by atoms with Crippen LogP contribution in [0.4, 0.5) is 11.6 Å². The highest BCUT2D eigenvalue weighted by Gasteiger charge is 2.26. The maximum absolute atomic E-state index is 13.4. The molecule has 0 spiro atoms. The second kappa shape index (κ2) is 9.17. The monoisotopic (exact) mass is 484 g/mol. The number of fused-ring (bicyclic) bond motifs is 2. The van der Waals surface area contributed by atoms with Gasteiger partial charge in [-0.3, -0.25) is 14.2 Å². The summed E-state index contributed by atoms with van der Waals surface area (Å²) in [5.74, 6) is 0.235. The minimum atomic E-state index is -0.232. The summed E-state index contributed by atoms with van der Waals surface area (Å²) in [6.07, 6.45) is 10.2. The summed E-state index contributed by atoms with van der Waals surface area (Å²) in [6.45, 7) is 5.39. The number of hydrogen-bond acceptors (Lipinski definition) is 6. The summed E-state index contributed by atoms with van der Waals surface area (Å²) < 4.78 is 4.14. The van der Waals surface area contributed by atoms with Crippen LogP contribution in [0.5, 0.6) is 0 Å². The molecule has 1 aliphatic heterocycles. The third-order valence-electron chi connectivity index (χ3n) is 7.93. The highest BCUT2D eigenvalue weighted by molar-refractivity contribution is 5.99. The molecule has 186 valence electrons. The molecular formula is C28H32N6O2. The summed E-state index contributed by atoms with van der Waals surface area (Å²) in [6, 6.07) is 9.08. The van der Waals surface area contributed by atoms with Gasteiger partial charge < -0.3 is 15.2 Å². The molecule has 0 bridgehead atoms. The molecule has 0 atom stereocenters. The van der Waals surface area contributed by atoms with Crippen molar-refractivity contribution in [2.24, 2.45) is 0 Å². The molecule has 6 rings (SSSR count). The molecule has 4 heterocycles. The van der Waals surface area contributed by atoms with Crippen molar-refractivity contribution >= 4 is 39.4 Å². The van der Waals surface area contributed by atoms with Crippen molar-refractivity contribution in [2.75, 3.05) is 18.4 Å².